The number of carbonyl (C=O) groups excluding carboxylic acids is 1. The van der Waals surface area contributed by atoms with Gasteiger partial charge < -0.3 is 10.1 Å². The summed E-state index contributed by atoms with van der Waals surface area (Å²) in [4.78, 5) is 11.8. The van der Waals surface area contributed by atoms with E-state index in [1.807, 2.05) is 50.2 Å². The Hall–Kier alpha value is -2.29. The van der Waals surface area contributed by atoms with Crippen molar-refractivity contribution >= 4 is 5.91 Å². The minimum Gasteiger partial charge on any atom is -0.483 e. The van der Waals surface area contributed by atoms with Crippen molar-refractivity contribution in [3.8, 4) is 5.75 Å². The number of rotatable bonds is 6. The Morgan fingerprint density at radius 1 is 1.05 bits per heavy atom. The smallest absolute Gasteiger partial charge is 0.257 e. The summed E-state index contributed by atoms with van der Waals surface area (Å²) >= 11 is 0. The first-order valence-electron chi connectivity index (χ1n) is 7.16. The molecule has 1 N–H and O–H groups in total. The summed E-state index contributed by atoms with van der Waals surface area (Å²) in [5.41, 5.74) is 3.46. The zero-order chi connectivity index (χ0) is 15.1. The van der Waals surface area contributed by atoms with Crippen molar-refractivity contribution in [3.05, 3.63) is 65.2 Å². The zero-order valence-electron chi connectivity index (χ0n) is 12.6. The van der Waals surface area contributed by atoms with Crippen molar-refractivity contribution in [2.75, 3.05) is 13.2 Å². The summed E-state index contributed by atoms with van der Waals surface area (Å²) in [6, 6.07) is 16.0. The fraction of sp³-hybridized carbons (Fsp3) is 0.278. The van der Waals surface area contributed by atoms with Gasteiger partial charge in [-0.3, -0.25) is 4.79 Å². The highest BCUT2D eigenvalue weighted by Crippen LogP contribution is 2.20. The first-order chi connectivity index (χ1) is 10.2. The lowest BCUT2D eigenvalue weighted by Crippen LogP contribution is -2.30. The Balaban J connectivity index is 1.74. The predicted octanol–water partition coefficient (Wildman–Crippen LogP) is 3.04. The van der Waals surface area contributed by atoms with Gasteiger partial charge in [0.2, 0.25) is 0 Å². The summed E-state index contributed by atoms with van der Waals surface area (Å²) in [7, 11) is 0. The van der Waals surface area contributed by atoms with Gasteiger partial charge >= 0.3 is 0 Å². The van der Waals surface area contributed by atoms with E-state index in [1.54, 1.807) is 0 Å². The van der Waals surface area contributed by atoms with Crippen molar-refractivity contribution in [1.82, 2.24) is 5.32 Å². The van der Waals surface area contributed by atoms with Gasteiger partial charge in [-0.1, -0.05) is 42.5 Å². The van der Waals surface area contributed by atoms with Gasteiger partial charge in [0.05, 0.1) is 0 Å². The molecule has 1 amide bonds. The number of aryl methyl sites for hydroxylation is 1. The van der Waals surface area contributed by atoms with Crippen molar-refractivity contribution < 1.29 is 9.53 Å². The molecular weight excluding hydrogens is 262 g/mol. The summed E-state index contributed by atoms with van der Waals surface area (Å²) in [6.45, 7) is 4.71. The van der Waals surface area contributed by atoms with E-state index in [9.17, 15) is 4.79 Å². The third-order valence-electron chi connectivity index (χ3n) is 3.49. The monoisotopic (exact) mass is 283 g/mol. The van der Waals surface area contributed by atoms with Crippen LogP contribution in [0.4, 0.5) is 0 Å². The van der Waals surface area contributed by atoms with Crippen LogP contribution in [0.25, 0.3) is 0 Å². The van der Waals surface area contributed by atoms with Crippen LogP contribution in [0.2, 0.25) is 0 Å². The maximum atomic E-state index is 11.8. The number of ether oxygens (including phenoxy) is 1. The van der Waals surface area contributed by atoms with Crippen molar-refractivity contribution in [2.45, 2.75) is 20.3 Å². The van der Waals surface area contributed by atoms with E-state index in [0.717, 1.165) is 23.3 Å². The quantitative estimate of drug-likeness (QED) is 0.885. The molecule has 0 saturated heterocycles. The lowest BCUT2D eigenvalue weighted by Gasteiger charge is -2.11. The standard InChI is InChI=1S/C18H21NO2/c1-14-7-6-10-17(15(14)2)21-13-18(20)19-12-11-16-8-4-3-5-9-16/h3-10H,11-13H2,1-2H3,(H,19,20). The first-order valence-corrected chi connectivity index (χ1v) is 7.16. The molecule has 0 aromatic heterocycles. The summed E-state index contributed by atoms with van der Waals surface area (Å²) in [5, 5.41) is 2.87. The highest BCUT2D eigenvalue weighted by Gasteiger charge is 2.05. The van der Waals surface area contributed by atoms with Crippen LogP contribution in [-0.4, -0.2) is 19.1 Å². The van der Waals surface area contributed by atoms with Crippen LogP contribution < -0.4 is 10.1 Å². The molecule has 21 heavy (non-hydrogen) atoms. The Kier molecular flexibility index (Phi) is 5.38. The molecule has 110 valence electrons. The highest BCUT2D eigenvalue weighted by atomic mass is 16.5. The second kappa shape index (κ2) is 7.48. The minimum atomic E-state index is -0.0909. The van der Waals surface area contributed by atoms with Gasteiger partial charge in [0.15, 0.2) is 6.61 Å². The SMILES string of the molecule is Cc1cccc(OCC(=O)NCCc2ccccc2)c1C. The van der Waals surface area contributed by atoms with Gasteiger partial charge in [-0.15, -0.1) is 0 Å². The molecule has 3 nitrogen and oxygen atoms in total. The number of benzene rings is 2. The molecule has 0 atom stereocenters. The molecule has 2 rings (SSSR count). The Morgan fingerprint density at radius 2 is 1.81 bits per heavy atom. The summed E-state index contributed by atoms with van der Waals surface area (Å²) in [5.74, 6) is 0.681. The van der Waals surface area contributed by atoms with Gasteiger partial charge in [0.25, 0.3) is 5.91 Å². The summed E-state index contributed by atoms with van der Waals surface area (Å²) in [6.07, 6.45) is 0.829. The van der Waals surface area contributed by atoms with Gasteiger partial charge in [0.1, 0.15) is 5.75 Å². The predicted molar refractivity (Wildman–Crippen MR) is 84.6 cm³/mol. The third-order valence-corrected chi connectivity index (χ3v) is 3.49. The van der Waals surface area contributed by atoms with Crippen LogP contribution in [-0.2, 0) is 11.2 Å². The molecule has 0 saturated carbocycles. The molecule has 0 radical (unpaired) electrons. The molecule has 0 heterocycles. The third kappa shape index (κ3) is 4.63. The Labute approximate surface area is 126 Å². The molecule has 0 bridgehead atoms. The van der Waals surface area contributed by atoms with Crippen LogP contribution in [0.3, 0.4) is 0 Å². The lowest BCUT2D eigenvalue weighted by molar-refractivity contribution is -0.123. The van der Waals surface area contributed by atoms with Crippen LogP contribution in [0, 0.1) is 13.8 Å². The normalized spacial score (nSPS) is 10.2. The van der Waals surface area contributed by atoms with Gasteiger partial charge in [-0.25, -0.2) is 0 Å². The molecule has 0 aliphatic heterocycles. The van der Waals surface area contributed by atoms with Gasteiger partial charge in [-0.2, -0.15) is 0 Å². The molecule has 2 aromatic rings. The van der Waals surface area contributed by atoms with E-state index in [4.69, 9.17) is 4.74 Å². The fourth-order valence-corrected chi connectivity index (χ4v) is 2.07. The van der Waals surface area contributed by atoms with Crippen molar-refractivity contribution in [3.63, 3.8) is 0 Å². The second-order valence-corrected chi connectivity index (χ2v) is 5.07. The van der Waals surface area contributed by atoms with E-state index < -0.39 is 0 Å². The van der Waals surface area contributed by atoms with Crippen LogP contribution in [0.15, 0.2) is 48.5 Å². The van der Waals surface area contributed by atoms with Crippen LogP contribution >= 0.6 is 0 Å². The molecular formula is C18H21NO2. The number of hydrogen-bond donors (Lipinski definition) is 1. The molecule has 2 aromatic carbocycles. The topological polar surface area (TPSA) is 38.3 Å². The van der Waals surface area contributed by atoms with Crippen molar-refractivity contribution in [2.24, 2.45) is 0 Å². The number of hydrogen-bond acceptors (Lipinski definition) is 2. The Bertz CT molecular complexity index is 593. The van der Waals surface area contributed by atoms with Gasteiger partial charge in [0, 0.05) is 6.54 Å². The van der Waals surface area contributed by atoms with Crippen LogP contribution in [0.1, 0.15) is 16.7 Å². The minimum absolute atomic E-state index is 0.0546. The second-order valence-electron chi connectivity index (χ2n) is 5.07. The average molecular weight is 283 g/mol. The molecule has 0 spiro atoms. The zero-order valence-corrected chi connectivity index (χ0v) is 12.6. The molecule has 0 aliphatic rings. The fourth-order valence-electron chi connectivity index (χ4n) is 2.07. The first kappa shape index (κ1) is 15.1. The number of amides is 1. The van der Waals surface area contributed by atoms with E-state index in [2.05, 4.69) is 17.4 Å². The number of nitrogens with one attached hydrogen (secondary N) is 1. The lowest BCUT2D eigenvalue weighted by atomic mass is 10.1. The molecule has 0 aliphatic carbocycles. The summed E-state index contributed by atoms with van der Waals surface area (Å²) < 4.78 is 5.57. The van der Waals surface area contributed by atoms with Gasteiger partial charge in [-0.05, 0) is 43.0 Å². The Morgan fingerprint density at radius 3 is 2.57 bits per heavy atom. The molecule has 0 unspecified atom stereocenters. The molecule has 0 fully saturated rings. The van der Waals surface area contributed by atoms with E-state index >= 15 is 0 Å². The molecule has 3 heteroatoms. The highest BCUT2D eigenvalue weighted by molar-refractivity contribution is 5.77. The largest absolute Gasteiger partial charge is 0.483 e. The van der Waals surface area contributed by atoms with E-state index in [1.165, 1.54) is 5.56 Å². The van der Waals surface area contributed by atoms with E-state index in [0.29, 0.717) is 6.54 Å². The van der Waals surface area contributed by atoms with Crippen molar-refractivity contribution in [1.29, 1.82) is 0 Å². The average Bonchev–Trinajstić information content (AvgIpc) is 2.50. The maximum absolute atomic E-state index is 11.8. The van der Waals surface area contributed by atoms with E-state index in [-0.39, 0.29) is 12.5 Å². The maximum Gasteiger partial charge on any atom is 0.257 e. The number of carbonyl (C=O) groups is 1. The van der Waals surface area contributed by atoms with Crippen LogP contribution in [0.5, 0.6) is 5.75 Å².